The number of aryl methyl sites for hydroxylation is 1. The summed E-state index contributed by atoms with van der Waals surface area (Å²) in [6.07, 6.45) is 10.0. The summed E-state index contributed by atoms with van der Waals surface area (Å²) in [5, 5.41) is 16.1. The number of benzene rings is 1. The van der Waals surface area contributed by atoms with Crippen LogP contribution in [0.2, 0.25) is 0 Å². The Morgan fingerprint density at radius 1 is 1.18 bits per heavy atom. The highest BCUT2D eigenvalue weighted by atomic mass is 19.1. The first-order chi connectivity index (χ1) is 19.0. The molecule has 5 aromatic rings. The molecule has 7 rings (SSSR count). The van der Waals surface area contributed by atoms with Gasteiger partial charge in [0.15, 0.2) is 5.54 Å². The highest BCUT2D eigenvalue weighted by molar-refractivity contribution is 5.86. The molecule has 39 heavy (non-hydrogen) atoms. The number of aromatic amines is 3. The number of halogens is 1. The van der Waals surface area contributed by atoms with Crippen LogP contribution < -0.4 is 11.1 Å². The molecule has 0 saturated carbocycles. The second kappa shape index (κ2) is 8.77. The van der Waals surface area contributed by atoms with Crippen LogP contribution in [0.3, 0.4) is 0 Å². The summed E-state index contributed by atoms with van der Waals surface area (Å²) >= 11 is 0. The summed E-state index contributed by atoms with van der Waals surface area (Å²) in [4.78, 5) is 24.0. The molecule has 10 nitrogen and oxygen atoms in total. The summed E-state index contributed by atoms with van der Waals surface area (Å²) in [6.45, 7) is 4.56. The smallest absolute Gasteiger partial charge is 0.390 e. The fourth-order valence-electron chi connectivity index (χ4n) is 5.84. The molecule has 0 amide bonds. The van der Waals surface area contributed by atoms with E-state index < -0.39 is 11.3 Å². The number of H-pyrrole nitrogens is 3. The van der Waals surface area contributed by atoms with Crippen LogP contribution in [0.5, 0.6) is 0 Å². The summed E-state index contributed by atoms with van der Waals surface area (Å²) < 4.78 is 21.5. The van der Waals surface area contributed by atoms with Crippen LogP contribution in [-0.4, -0.2) is 34.9 Å². The molecule has 11 heteroatoms. The monoisotopic (exact) mass is 526 g/mol. The van der Waals surface area contributed by atoms with Gasteiger partial charge < -0.3 is 14.4 Å². The normalized spacial score (nSPS) is 23.1. The summed E-state index contributed by atoms with van der Waals surface area (Å²) in [6, 6.07) is 7.80. The molecule has 5 heterocycles. The third kappa shape index (κ3) is 3.64. The Morgan fingerprint density at radius 3 is 2.82 bits per heavy atom. The number of rotatable bonds is 5. The highest BCUT2D eigenvalue weighted by Gasteiger charge is 2.50. The Balaban J connectivity index is 1.42. The van der Waals surface area contributed by atoms with Gasteiger partial charge in [-0.3, -0.25) is 10.00 Å². The molecule has 4 aromatic heterocycles. The van der Waals surface area contributed by atoms with Crippen molar-refractivity contribution in [1.29, 1.82) is 0 Å². The SMILES string of the molecule is CCn1cc(C2(c3n[nH]c(=O)o3)N[C@@H](c3ncc(C4=CC=C(F)C(C)C4)[nH]3)Cc3c2[nH]c2ccccc32)cn1. The maximum atomic E-state index is 14.0. The fourth-order valence-corrected chi connectivity index (χ4v) is 5.84. The van der Waals surface area contributed by atoms with E-state index in [1.165, 1.54) is 6.08 Å². The number of imidazole rings is 1. The van der Waals surface area contributed by atoms with Crippen LogP contribution in [0.25, 0.3) is 16.5 Å². The van der Waals surface area contributed by atoms with Gasteiger partial charge in [0.05, 0.1) is 29.8 Å². The van der Waals surface area contributed by atoms with Crippen molar-refractivity contribution in [3.05, 3.63) is 106 Å². The predicted molar refractivity (Wildman–Crippen MR) is 142 cm³/mol. The van der Waals surface area contributed by atoms with Crippen molar-refractivity contribution in [2.45, 2.75) is 44.8 Å². The van der Waals surface area contributed by atoms with Crippen LogP contribution in [-0.2, 0) is 18.5 Å². The number of allylic oxidation sites excluding steroid dienone is 4. The molecule has 4 N–H and O–H groups in total. The fraction of sp³-hybridized carbons (Fsp3) is 0.286. The maximum absolute atomic E-state index is 14.0. The van der Waals surface area contributed by atoms with Gasteiger partial charge in [-0.05, 0) is 43.0 Å². The van der Waals surface area contributed by atoms with E-state index in [-0.39, 0.29) is 23.7 Å². The Bertz CT molecular complexity index is 1820. The van der Waals surface area contributed by atoms with Gasteiger partial charge in [0.2, 0.25) is 5.89 Å². The van der Waals surface area contributed by atoms with Crippen LogP contribution in [0, 0.1) is 5.92 Å². The molecule has 0 bridgehead atoms. The number of para-hydroxylation sites is 1. The molecule has 0 spiro atoms. The number of nitrogens with one attached hydrogen (secondary N) is 4. The highest BCUT2D eigenvalue weighted by Crippen LogP contribution is 2.45. The zero-order chi connectivity index (χ0) is 26.7. The lowest BCUT2D eigenvalue weighted by molar-refractivity contribution is 0.284. The number of aromatic nitrogens is 7. The third-order valence-corrected chi connectivity index (χ3v) is 7.85. The minimum atomic E-state index is -1.15. The van der Waals surface area contributed by atoms with E-state index in [1.54, 1.807) is 18.5 Å². The van der Waals surface area contributed by atoms with Crippen molar-refractivity contribution in [3.8, 4) is 0 Å². The van der Waals surface area contributed by atoms with Gasteiger partial charge in [-0.15, -0.1) is 5.10 Å². The average molecular weight is 527 g/mol. The number of hydrogen-bond donors (Lipinski definition) is 4. The van der Waals surface area contributed by atoms with Gasteiger partial charge in [0.25, 0.3) is 0 Å². The molecule has 1 aliphatic carbocycles. The first kappa shape index (κ1) is 23.6. The Labute approximate surface area is 222 Å². The van der Waals surface area contributed by atoms with Crippen LogP contribution in [0.1, 0.15) is 60.5 Å². The van der Waals surface area contributed by atoms with Gasteiger partial charge in [0, 0.05) is 35.1 Å². The zero-order valence-electron chi connectivity index (χ0n) is 21.5. The Hall–Kier alpha value is -4.51. The molecule has 1 aromatic carbocycles. The second-order valence-corrected chi connectivity index (χ2v) is 10.2. The molecular weight excluding hydrogens is 499 g/mol. The largest absolute Gasteiger partial charge is 0.434 e. The number of fused-ring (bicyclic) bond motifs is 3. The molecule has 0 radical (unpaired) electrons. The molecule has 2 unspecified atom stereocenters. The molecule has 3 atom stereocenters. The van der Waals surface area contributed by atoms with E-state index in [2.05, 4.69) is 36.6 Å². The van der Waals surface area contributed by atoms with Gasteiger partial charge in [-0.1, -0.05) is 31.2 Å². The number of hydrogen-bond acceptors (Lipinski definition) is 6. The van der Waals surface area contributed by atoms with E-state index in [9.17, 15) is 9.18 Å². The van der Waals surface area contributed by atoms with E-state index in [1.807, 2.05) is 42.9 Å². The van der Waals surface area contributed by atoms with Gasteiger partial charge in [-0.25, -0.2) is 19.3 Å². The molecule has 2 aliphatic rings. The van der Waals surface area contributed by atoms with Crippen molar-refractivity contribution in [2.24, 2.45) is 5.92 Å². The topological polar surface area (TPSA) is 133 Å². The molecule has 198 valence electrons. The quantitative estimate of drug-likeness (QED) is 0.271. The van der Waals surface area contributed by atoms with Crippen molar-refractivity contribution in [2.75, 3.05) is 0 Å². The van der Waals surface area contributed by atoms with Gasteiger partial charge in [0.1, 0.15) is 11.7 Å². The third-order valence-electron chi connectivity index (χ3n) is 7.85. The van der Waals surface area contributed by atoms with Crippen molar-refractivity contribution < 1.29 is 8.81 Å². The van der Waals surface area contributed by atoms with E-state index >= 15 is 0 Å². The van der Waals surface area contributed by atoms with Crippen LogP contribution >= 0.6 is 0 Å². The summed E-state index contributed by atoms with van der Waals surface area (Å²) in [5.74, 6) is -0.0415. The molecular formula is C28H27FN8O2. The summed E-state index contributed by atoms with van der Waals surface area (Å²) in [7, 11) is 0. The lowest BCUT2D eigenvalue weighted by atomic mass is 9.79. The lowest BCUT2D eigenvalue weighted by Crippen LogP contribution is -2.51. The Kier molecular flexibility index (Phi) is 5.31. The van der Waals surface area contributed by atoms with Crippen LogP contribution in [0.4, 0.5) is 4.39 Å². The Morgan fingerprint density at radius 2 is 2.05 bits per heavy atom. The maximum Gasteiger partial charge on any atom is 0.434 e. The number of nitrogens with zero attached hydrogens (tertiary/aromatic N) is 4. The first-order valence-electron chi connectivity index (χ1n) is 13.0. The van der Waals surface area contributed by atoms with Gasteiger partial charge >= 0.3 is 5.76 Å². The van der Waals surface area contributed by atoms with Crippen molar-refractivity contribution in [1.82, 2.24) is 40.2 Å². The predicted octanol–water partition coefficient (Wildman–Crippen LogP) is 4.24. The van der Waals surface area contributed by atoms with Crippen molar-refractivity contribution in [3.63, 3.8) is 0 Å². The average Bonchev–Trinajstić information content (AvgIpc) is 3.75. The summed E-state index contributed by atoms with van der Waals surface area (Å²) in [5.41, 5.74) is 4.34. The van der Waals surface area contributed by atoms with E-state index in [0.717, 1.165) is 44.8 Å². The zero-order valence-corrected chi connectivity index (χ0v) is 21.5. The second-order valence-electron chi connectivity index (χ2n) is 10.2. The molecule has 0 saturated heterocycles. The van der Waals surface area contributed by atoms with Gasteiger partial charge in [-0.2, -0.15) is 5.10 Å². The minimum absolute atomic E-state index is 0.114. The van der Waals surface area contributed by atoms with Crippen molar-refractivity contribution >= 4 is 16.5 Å². The van der Waals surface area contributed by atoms with E-state index in [4.69, 9.17) is 9.40 Å². The lowest BCUT2D eigenvalue weighted by Gasteiger charge is -2.38. The van der Waals surface area contributed by atoms with Crippen LogP contribution in [0.15, 0.2) is 70.0 Å². The molecule has 1 aliphatic heterocycles. The first-order valence-corrected chi connectivity index (χ1v) is 13.0. The minimum Gasteiger partial charge on any atom is -0.390 e. The standard InChI is InChI=1S/C28H27FN8O2/c1-3-37-14-17(12-31-37)28(26-35-36-27(38)39-26)24-19(18-6-4-5-7-21(18)32-24)11-22(34-28)25-30-13-23(33-25)16-8-9-20(29)15(2)10-16/h4-9,12-15,22,32,34H,3,10-11H2,1-2H3,(H,30,33)(H,36,38)/t15?,22-,28?/m1/s1. The molecule has 0 fully saturated rings. The van der Waals surface area contributed by atoms with E-state index in [0.29, 0.717) is 19.4 Å².